The van der Waals surface area contributed by atoms with Crippen molar-refractivity contribution in [2.24, 2.45) is 0 Å². The number of hydrogen-bond donors (Lipinski definition) is 2. The minimum absolute atomic E-state index is 0.0776. The van der Waals surface area contributed by atoms with Crippen LogP contribution in [0.2, 0.25) is 0 Å². The van der Waals surface area contributed by atoms with Gasteiger partial charge in [0.25, 0.3) is 5.91 Å². The van der Waals surface area contributed by atoms with Crippen molar-refractivity contribution in [2.75, 3.05) is 36.4 Å². The van der Waals surface area contributed by atoms with Gasteiger partial charge in [-0.1, -0.05) is 12.1 Å². The van der Waals surface area contributed by atoms with Crippen molar-refractivity contribution in [1.82, 2.24) is 15.1 Å². The molecule has 0 aliphatic carbocycles. The molecular weight excluding hydrogens is 379 g/mol. The molecule has 1 aliphatic rings. The Morgan fingerprint density at radius 3 is 2.25 bits per heavy atom. The summed E-state index contributed by atoms with van der Waals surface area (Å²) in [6.07, 6.45) is -5.86. The summed E-state index contributed by atoms with van der Waals surface area (Å²) in [6.45, 7) is 1.17. The molecule has 0 saturated carbocycles. The summed E-state index contributed by atoms with van der Waals surface area (Å²) in [4.78, 5) is 26.3. The van der Waals surface area contributed by atoms with Gasteiger partial charge in [0, 0.05) is 26.2 Å². The molecule has 2 heterocycles. The van der Waals surface area contributed by atoms with Crippen LogP contribution in [0.4, 0.5) is 29.6 Å². The van der Waals surface area contributed by atoms with Gasteiger partial charge in [0.15, 0.2) is 11.6 Å². The van der Waals surface area contributed by atoms with E-state index in [0.29, 0.717) is 18.9 Å². The van der Waals surface area contributed by atoms with Crippen LogP contribution in [0.25, 0.3) is 0 Å². The van der Waals surface area contributed by atoms with Crippen molar-refractivity contribution in [3.05, 3.63) is 47.5 Å². The van der Waals surface area contributed by atoms with E-state index in [2.05, 4.69) is 15.5 Å². The molecule has 0 radical (unpaired) electrons. The summed E-state index contributed by atoms with van der Waals surface area (Å²) in [5, 5.41) is 18.4. The molecule has 0 bridgehead atoms. The standard InChI is InChI=1S/C17H16F3N5O3/c18-17(19,20)12-4-2-1-3-11(12)15(26)25-9-7-24(8-10-25)14-6-5-13(22-23-14)21-16(27)28/h1-6H,7-10H2,(H,21,22)(H,27,28). The number of carboxylic acid groups (broad SMARTS) is 1. The van der Waals surface area contributed by atoms with E-state index in [9.17, 15) is 22.8 Å². The fourth-order valence-electron chi connectivity index (χ4n) is 2.90. The normalized spacial score (nSPS) is 14.7. The molecule has 28 heavy (non-hydrogen) atoms. The van der Waals surface area contributed by atoms with Crippen molar-refractivity contribution < 1.29 is 27.9 Å². The zero-order valence-electron chi connectivity index (χ0n) is 14.5. The van der Waals surface area contributed by atoms with Crippen LogP contribution >= 0.6 is 0 Å². The Bertz CT molecular complexity index is 865. The molecule has 0 unspecified atom stereocenters. The Morgan fingerprint density at radius 1 is 1.00 bits per heavy atom. The van der Waals surface area contributed by atoms with Crippen LogP contribution in [0.1, 0.15) is 15.9 Å². The number of carbonyl (C=O) groups is 2. The van der Waals surface area contributed by atoms with Crippen LogP contribution in [0.5, 0.6) is 0 Å². The first kappa shape index (κ1) is 19.4. The van der Waals surface area contributed by atoms with Gasteiger partial charge in [-0.15, -0.1) is 10.2 Å². The molecular formula is C17H16F3N5O3. The third-order valence-corrected chi connectivity index (χ3v) is 4.24. The molecule has 1 aromatic heterocycles. The number of nitrogens with zero attached hydrogens (tertiary/aromatic N) is 4. The van der Waals surface area contributed by atoms with Crippen LogP contribution in [-0.2, 0) is 6.18 Å². The molecule has 2 N–H and O–H groups in total. The highest BCUT2D eigenvalue weighted by molar-refractivity contribution is 5.96. The van der Waals surface area contributed by atoms with Gasteiger partial charge in [-0.25, -0.2) is 4.79 Å². The smallest absolute Gasteiger partial charge is 0.417 e. The molecule has 148 valence electrons. The van der Waals surface area contributed by atoms with E-state index in [0.717, 1.165) is 6.07 Å². The van der Waals surface area contributed by atoms with Crippen molar-refractivity contribution >= 4 is 23.6 Å². The minimum Gasteiger partial charge on any atom is -0.465 e. The van der Waals surface area contributed by atoms with Gasteiger partial charge in [-0.2, -0.15) is 13.2 Å². The topological polar surface area (TPSA) is 98.7 Å². The molecule has 1 aliphatic heterocycles. The summed E-state index contributed by atoms with van der Waals surface area (Å²) in [5.41, 5.74) is -1.32. The number of anilines is 2. The van der Waals surface area contributed by atoms with Crippen LogP contribution in [0.3, 0.4) is 0 Å². The molecule has 0 atom stereocenters. The fraction of sp³-hybridized carbons (Fsp3) is 0.294. The van der Waals surface area contributed by atoms with Crippen LogP contribution < -0.4 is 10.2 Å². The van der Waals surface area contributed by atoms with Crippen molar-refractivity contribution in [3.63, 3.8) is 0 Å². The monoisotopic (exact) mass is 395 g/mol. The van der Waals surface area contributed by atoms with Gasteiger partial charge in [-0.05, 0) is 24.3 Å². The Labute approximate surface area is 157 Å². The largest absolute Gasteiger partial charge is 0.465 e. The van der Waals surface area contributed by atoms with Crippen LogP contribution in [-0.4, -0.2) is 58.4 Å². The molecule has 2 aromatic rings. The molecule has 3 rings (SSSR count). The number of nitrogens with one attached hydrogen (secondary N) is 1. The zero-order chi connectivity index (χ0) is 20.3. The minimum atomic E-state index is -4.60. The van der Waals surface area contributed by atoms with Crippen LogP contribution in [0.15, 0.2) is 36.4 Å². The maximum absolute atomic E-state index is 13.1. The Hall–Kier alpha value is -3.37. The first-order valence-corrected chi connectivity index (χ1v) is 8.30. The summed E-state index contributed by atoms with van der Waals surface area (Å²) in [6, 6.07) is 7.76. The van der Waals surface area contributed by atoms with E-state index in [-0.39, 0.29) is 24.5 Å². The Kier molecular flexibility index (Phi) is 5.34. The summed E-state index contributed by atoms with van der Waals surface area (Å²) in [5.74, 6) is -0.104. The number of halogens is 3. The van der Waals surface area contributed by atoms with Gasteiger partial charge >= 0.3 is 12.3 Å². The van der Waals surface area contributed by atoms with E-state index < -0.39 is 23.7 Å². The SMILES string of the molecule is O=C(O)Nc1ccc(N2CCN(C(=O)c3ccccc3C(F)(F)F)CC2)nn1. The van der Waals surface area contributed by atoms with E-state index >= 15 is 0 Å². The third-order valence-electron chi connectivity index (χ3n) is 4.24. The molecule has 11 heteroatoms. The number of carbonyl (C=O) groups excluding carboxylic acids is 1. The van der Waals surface area contributed by atoms with Crippen molar-refractivity contribution in [1.29, 1.82) is 0 Å². The highest BCUT2D eigenvalue weighted by Gasteiger charge is 2.36. The van der Waals surface area contributed by atoms with Gasteiger partial charge in [0.05, 0.1) is 11.1 Å². The van der Waals surface area contributed by atoms with Crippen molar-refractivity contribution in [3.8, 4) is 0 Å². The number of hydrogen-bond acceptors (Lipinski definition) is 5. The molecule has 0 spiro atoms. The molecule has 8 nitrogen and oxygen atoms in total. The molecule has 1 aromatic carbocycles. The highest BCUT2D eigenvalue weighted by Crippen LogP contribution is 2.32. The van der Waals surface area contributed by atoms with Gasteiger partial charge in [0.2, 0.25) is 0 Å². The van der Waals surface area contributed by atoms with Crippen LogP contribution in [0, 0.1) is 0 Å². The highest BCUT2D eigenvalue weighted by atomic mass is 19.4. The predicted molar refractivity (Wildman–Crippen MR) is 93.2 cm³/mol. The number of benzene rings is 1. The summed E-state index contributed by atoms with van der Waals surface area (Å²) >= 11 is 0. The van der Waals surface area contributed by atoms with Gasteiger partial charge in [0.1, 0.15) is 0 Å². The fourth-order valence-corrected chi connectivity index (χ4v) is 2.90. The molecule has 1 fully saturated rings. The maximum atomic E-state index is 13.1. The van der Waals surface area contributed by atoms with E-state index in [1.54, 1.807) is 6.07 Å². The number of amides is 2. The second-order valence-corrected chi connectivity index (χ2v) is 6.03. The lowest BCUT2D eigenvalue weighted by molar-refractivity contribution is -0.138. The molecule has 1 saturated heterocycles. The lowest BCUT2D eigenvalue weighted by Gasteiger charge is -2.35. The number of piperazine rings is 1. The molecule has 2 amide bonds. The Balaban J connectivity index is 1.66. The predicted octanol–water partition coefficient (Wildman–Crippen LogP) is 2.55. The third kappa shape index (κ3) is 4.30. The number of alkyl halides is 3. The summed E-state index contributed by atoms with van der Waals surface area (Å²) < 4.78 is 39.4. The first-order chi connectivity index (χ1) is 13.3. The van der Waals surface area contributed by atoms with E-state index in [1.165, 1.54) is 29.2 Å². The van der Waals surface area contributed by atoms with Crippen molar-refractivity contribution in [2.45, 2.75) is 6.18 Å². The quantitative estimate of drug-likeness (QED) is 0.829. The average molecular weight is 395 g/mol. The second-order valence-electron chi connectivity index (χ2n) is 6.03. The lowest BCUT2D eigenvalue weighted by atomic mass is 10.1. The second kappa shape index (κ2) is 7.71. The summed E-state index contributed by atoms with van der Waals surface area (Å²) in [7, 11) is 0. The van der Waals surface area contributed by atoms with Gasteiger partial charge in [-0.3, -0.25) is 10.1 Å². The van der Waals surface area contributed by atoms with E-state index in [4.69, 9.17) is 5.11 Å². The lowest BCUT2D eigenvalue weighted by Crippen LogP contribution is -2.49. The van der Waals surface area contributed by atoms with E-state index in [1.807, 2.05) is 4.90 Å². The average Bonchev–Trinajstić information content (AvgIpc) is 2.67. The maximum Gasteiger partial charge on any atom is 0.417 e. The first-order valence-electron chi connectivity index (χ1n) is 8.30. The number of rotatable bonds is 3. The zero-order valence-corrected chi connectivity index (χ0v) is 14.5. The van der Waals surface area contributed by atoms with Gasteiger partial charge < -0.3 is 14.9 Å². The number of aromatic nitrogens is 2. The Morgan fingerprint density at radius 2 is 1.68 bits per heavy atom.